The van der Waals surface area contributed by atoms with E-state index < -0.39 is 0 Å². The van der Waals surface area contributed by atoms with Crippen molar-refractivity contribution in [2.75, 3.05) is 13.7 Å². The van der Waals surface area contributed by atoms with E-state index in [1.165, 1.54) is 12.8 Å². The highest BCUT2D eigenvalue weighted by Crippen LogP contribution is 2.06. The van der Waals surface area contributed by atoms with Crippen LogP contribution in [0, 0.1) is 0 Å². The first kappa shape index (κ1) is 12.7. The Kier molecular flexibility index (Phi) is 6.92. The van der Waals surface area contributed by atoms with Crippen molar-refractivity contribution in [3.8, 4) is 0 Å². The summed E-state index contributed by atoms with van der Waals surface area (Å²) in [5, 5.41) is 3.10. The topological polar surface area (TPSA) is 21.3 Å². The first-order valence-electron chi connectivity index (χ1n) is 5.06. The summed E-state index contributed by atoms with van der Waals surface area (Å²) in [6.45, 7) is 8.60. The largest absolute Gasteiger partial charge is 0.361 e. The molecule has 1 N–H and O–H groups in total. The molecule has 0 amide bonds. The van der Waals surface area contributed by atoms with Gasteiger partial charge in [-0.15, -0.1) is 6.58 Å². The van der Waals surface area contributed by atoms with Gasteiger partial charge < -0.3 is 4.74 Å². The zero-order valence-corrected chi connectivity index (χ0v) is 9.23. The molecule has 0 heterocycles. The van der Waals surface area contributed by atoms with E-state index in [1.807, 2.05) is 27.0 Å². The van der Waals surface area contributed by atoms with Crippen LogP contribution in [-0.2, 0) is 4.74 Å². The second kappa shape index (κ2) is 7.10. The maximum Gasteiger partial charge on any atom is 0.113 e. The highest BCUT2D eigenvalue weighted by Gasteiger charge is 2.13. The van der Waals surface area contributed by atoms with Gasteiger partial charge in [-0.1, -0.05) is 12.5 Å². The minimum Gasteiger partial charge on any atom is -0.361 e. The quantitative estimate of drug-likeness (QED) is 0.356. The SMILES string of the molecule is C=CCCCCCOC(C)(C)NC. The standard InChI is InChI=1S/C11H23NO/c1-5-6-7-8-9-10-13-11(2,3)12-4/h5,12H,1,6-10H2,2-4H3. The second-order valence-electron chi connectivity index (χ2n) is 3.75. The third-order valence-corrected chi connectivity index (χ3v) is 2.12. The molecule has 0 aromatic rings. The van der Waals surface area contributed by atoms with E-state index in [4.69, 9.17) is 4.74 Å². The molecule has 0 rings (SSSR count). The fourth-order valence-corrected chi connectivity index (χ4v) is 0.967. The number of ether oxygens (including phenoxy) is 1. The third-order valence-electron chi connectivity index (χ3n) is 2.12. The molecule has 0 atom stereocenters. The van der Waals surface area contributed by atoms with E-state index in [0.29, 0.717) is 0 Å². The minimum absolute atomic E-state index is 0.182. The number of rotatable bonds is 8. The van der Waals surface area contributed by atoms with Gasteiger partial charge >= 0.3 is 0 Å². The van der Waals surface area contributed by atoms with Crippen LogP contribution in [0.15, 0.2) is 12.7 Å². The molecule has 13 heavy (non-hydrogen) atoms. The highest BCUT2D eigenvalue weighted by molar-refractivity contribution is 4.65. The van der Waals surface area contributed by atoms with Crippen LogP contribution in [0.5, 0.6) is 0 Å². The van der Waals surface area contributed by atoms with Gasteiger partial charge in [-0.05, 0) is 40.2 Å². The van der Waals surface area contributed by atoms with Crippen molar-refractivity contribution < 1.29 is 4.74 Å². The molecule has 0 aliphatic rings. The van der Waals surface area contributed by atoms with Gasteiger partial charge in [0, 0.05) is 6.61 Å². The number of allylic oxidation sites excluding steroid dienone is 1. The van der Waals surface area contributed by atoms with Crippen LogP contribution in [0.1, 0.15) is 39.5 Å². The fourth-order valence-electron chi connectivity index (χ4n) is 0.967. The summed E-state index contributed by atoms with van der Waals surface area (Å²) in [5.41, 5.74) is -0.182. The summed E-state index contributed by atoms with van der Waals surface area (Å²) in [7, 11) is 1.91. The molecule has 0 bridgehead atoms. The number of hydrogen-bond acceptors (Lipinski definition) is 2. The molecule has 0 saturated heterocycles. The lowest BCUT2D eigenvalue weighted by atomic mass is 10.2. The van der Waals surface area contributed by atoms with Gasteiger partial charge in [0.1, 0.15) is 5.72 Å². The van der Waals surface area contributed by atoms with E-state index in [0.717, 1.165) is 19.4 Å². The smallest absolute Gasteiger partial charge is 0.113 e. The Morgan fingerprint density at radius 1 is 1.31 bits per heavy atom. The van der Waals surface area contributed by atoms with Gasteiger partial charge in [-0.2, -0.15) is 0 Å². The minimum atomic E-state index is -0.182. The molecule has 2 nitrogen and oxygen atoms in total. The van der Waals surface area contributed by atoms with Crippen LogP contribution in [0.2, 0.25) is 0 Å². The summed E-state index contributed by atoms with van der Waals surface area (Å²) >= 11 is 0. The van der Waals surface area contributed by atoms with Gasteiger partial charge in [-0.25, -0.2) is 0 Å². The van der Waals surface area contributed by atoms with Crippen LogP contribution in [0.3, 0.4) is 0 Å². The van der Waals surface area contributed by atoms with Crippen molar-refractivity contribution in [2.45, 2.75) is 45.3 Å². The van der Waals surface area contributed by atoms with Gasteiger partial charge in [0.05, 0.1) is 0 Å². The lowest BCUT2D eigenvalue weighted by Gasteiger charge is -2.24. The Morgan fingerprint density at radius 3 is 2.54 bits per heavy atom. The zero-order valence-electron chi connectivity index (χ0n) is 9.23. The summed E-state index contributed by atoms with van der Waals surface area (Å²) in [6, 6.07) is 0. The van der Waals surface area contributed by atoms with Gasteiger partial charge in [-0.3, -0.25) is 5.32 Å². The van der Waals surface area contributed by atoms with Crippen molar-refractivity contribution in [1.29, 1.82) is 0 Å². The first-order chi connectivity index (χ1) is 6.12. The molecule has 0 radical (unpaired) electrons. The zero-order chi connectivity index (χ0) is 10.2. The van der Waals surface area contributed by atoms with Crippen LogP contribution < -0.4 is 5.32 Å². The Labute approximate surface area is 82.4 Å². The maximum atomic E-state index is 5.62. The molecule has 2 heteroatoms. The van der Waals surface area contributed by atoms with Crippen molar-refractivity contribution in [1.82, 2.24) is 5.32 Å². The highest BCUT2D eigenvalue weighted by atomic mass is 16.5. The third kappa shape index (κ3) is 8.00. The average Bonchev–Trinajstić information content (AvgIpc) is 2.11. The number of unbranched alkanes of at least 4 members (excludes halogenated alkanes) is 3. The Hall–Kier alpha value is -0.340. The van der Waals surface area contributed by atoms with Gasteiger partial charge in [0.25, 0.3) is 0 Å². The lowest BCUT2D eigenvalue weighted by molar-refractivity contribution is -0.0389. The normalized spacial score (nSPS) is 11.6. The van der Waals surface area contributed by atoms with E-state index in [-0.39, 0.29) is 5.72 Å². The fraction of sp³-hybridized carbons (Fsp3) is 0.818. The molecule has 0 aromatic heterocycles. The van der Waals surface area contributed by atoms with E-state index >= 15 is 0 Å². The van der Waals surface area contributed by atoms with Crippen molar-refractivity contribution in [3.05, 3.63) is 12.7 Å². The molecule has 0 aromatic carbocycles. The predicted molar refractivity (Wildman–Crippen MR) is 57.8 cm³/mol. The van der Waals surface area contributed by atoms with Crippen LogP contribution in [-0.4, -0.2) is 19.4 Å². The van der Waals surface area contributed by atoms with Crippen LogP contribution >= 0.6 is 0 Å². The summed E-state index contributed by atoms with van der Waals surface area (Å²) in [4.78, 5) is 0. The van der Waals surface area contributed by atoms with Crippen LogP contribution in [0.25, 0.3) is 0 Å². The van der Waals surface area contributed by atoms with Crippen LogP contribution in [0.4, 0.5) is 0 Å². The second-order valence-corrected chi connectivity index (χ2v) is 3.75. The number of nitrogens with one attached hydrogen (secondary N) is 1. The monoisotopic (exact) mass is 185 g/mol. The molecule has 0 saturated carbocycles. The average molecular weight is 185 g/mol. The summed E-state index contributed by atoms with van der Waals surface area (Å²) in [6.07, 6.45) is 6.69. The molecular weight excluding hydrogens is 162 g/mol. The Balaban J connectivity index is 3.20. The predicted octanol–water partition coefficient (Wildman–Crippen LogP) is 2.70. The van der Waals surface area contributed by atoms with Crippen molar-refractivity contribution in [2.24, 2.45) is 0 Å². The van der Waals surface area contributed by atoms with Gasteiger partial charge in [0.15, 0.2) is 0 Å². The maximum absolute atomic E-state index is 5.62. The molecule has 0 aliphatic heterocycles. The molecular formula is C11H23NO. The molecule has 0 unspecified atom stereocenters. The first-order valence-corrected chi connectivity index (χ1v) is 5.06. The summed E-state index contributed by atoms with van der Waals surface area (Å²) < 4.78 is 5.62. The Bertz CT molecular complexity index is 132. The molecule has 0 aliphatic carbocycles. The molecule has 78 valence electrons. The summed E-state index contributed by atoms with van der Waals surface area (Å²) in [5.74, 6) is 0. The van der Waals surface area contributed by atoms with E-state index in [1.54, 1.807) is 0 Å². The molecule has 0 spiro atoms. The number of hydrogen-bond donors (Lipinski definition) is 1. The van der Waals surface area contributed by atoms with E-state index in [2.05, 4.69) is 11.9 Å². The van der Waals surface area contributed by atoms with Crippen molar-refractivity contribution in [3.63, 3.8) is 0 Å². The molecule has 0 fully saturated rings. The van der Waals surface area contributed by atoms with Crippen molar-refractivity contribution >= 4 is 0 Å². The lowest BCUT2D eigenvalue weighted by Crippen LogP contribution is -2.39. The van der Waals surface area contributed by atoms with E-state index in [9.17, 15) is 0 Å². The Morgan fingerprint density at radius 2 is 2.00 bits per heavy atom. The van der Waals surface area contributed by atoms with Gasteiger partial charge in [0.2, 0.25) is 0 Å².